The van der Waals surface area contributed by atoms with Gasteiger partial charge in [0.15, 0.2) is 0 Å². The van der Waals surface area contributed by atoms with Crippen LogP contribution in [-0.2, 0) is 4.79 Å². The van der Waals surface area contributed by atoms with E-state index in [2.05, 4.69) is 5.32 Å². The highest BCUT2D eigenvalue weighted by Crippen LogP contribution is 2.03. The molecule has 1 aromatic rings. The molecular weight excluding hydrogens is 246 g/mol. The molecule has 4 nitrogen and oxygen atoms in total. The Morgan fingerprint density at radius 1 is 1.31 bits per heavy atom. The molecule has 0 atom stereocenters. The fraction of sp³-hybridized carbons (Fsp3) is 0.100. The average Bonchev–Trinajstić information content (AvgIpc) is 2.27. The van der Waals surface area contributed by atoms with Crippen LogP contribution in [0.3, 0.4) is 0 Å². The third-order valence-electron chi connectivity index (χ3n) is 1.57. The number of benzene rings is 1. The number of carbonyl (C=O) groups is 2. The molecule has 0 aliphatic carbocycles. The third-order valence-corrected chi connectivity index (χ3v) is 2.77. The molecule has 84 valence electrons. The molecular formula is C10H8NO3S2-. The minimum atomic E-state index is -1.22. The number of nitrogens with one attached hydrogen (secondary N) is 1. The van der Waals surface area contributed by atoms with Crippen LogP contribution in [-0.4, -0.2) is 21.9 Å². The van der Waals surface area contributed by atoms with Crippen molar-refractivity contribution in [3.8, 4) is 0 Å². The van der Waals surface area contributed by atoms with Gasteiger partial charge < -0.3 is 15.2 Å². The van der Waals surface area contributed by atoms with E-state index in [9.17, 15) is 14.7 Å². The van der Waals surface area contributed by atoms with E-state index in [1.54, 1.807) is 30.3 Å². The van der Waals surface area contributed by atoms with Crippen LogP contribution < -0.4 is 10.4 Å². The molecule has 0 saturated heterocycles. The minimum Gasteiger partial charge on any atom is -0.549 e. The fourth-order valence-electron chi connectivity index (χ4n) is 0.915. The zero-order valence-electron chi connectivity index (χ0n) is 8.14. The van der Waals surface area contributed by atoms with Crippen LogP contribution >= 0.6 is 24.0 Å². The Morgan fingerprint density at radius 3 is 2.50 bits per heavy atom. The maximum Gasteiger partial charge on any atom is 0.256 e. The molecule has 0 spiro atoms. The van der Waals surface area contributed by atoms with Crippen LogP contribution in [0.25, 0.3) is 0 Å². The van der Waals surface area contributed by atoms with Gasteiger partial charge in [0.05, 0.1) is 5.97 Å². The second kappa shape index (κ2) is 6.24. The molecule has 0 saturated carbocycles. The van der Waals surface area contributed by atoms with Crippen molar-refractivity contribution < 1.29 is 14.7 Å². The summed E-state index contributed by atoms with van der Waals surface area (Å²) in [7, 11) is 0. The Morgan fingerprint density at radius 2 is 1.94 bits per heavy atom. The van der Waals surface area contributed by atoms with Crippen molar-refractivity contribution >= 4 is 40.2 Å². The third kappa shape index (κ3) is 4.41. The largest absolute Gasteiger partial charge is 0.549 e. The van der Waals surface area contributed by atoms with Gasteiger partial charge in [0, 0.05) is 11.3 Å². The summed E-state index contributed by atoms with van der Waals surface area (Å²) in [5.74, 6) is -1.84. The molecule has 16 heavy (non-hydrogen) atoms. The van der Waals surface area contributed by atoms with Gasteiger partial charge in [0.2, 0.25) is 0 Å². The number of carbonyl (C=O) groups excluding carboxylic acids is 2. The predicted molar refractivity (Wildman–Crippen MR) is 64.0 cm³/mol. The van der Waals surface area contributed by atoms with E-state index in [0.717, 1.165) is 11.8 Å². The SMILES string of the molecule is O=C([O-])CSC(=S)NC(=O)c1ccccc1. The van der Waals surface area contributed by atoms with Gasteiger partial charge in [-0.2, -0.15) is 0 Å². The molecule has 1 aromatic carbocycles. The number of rotatable bonds is 3. The summed E-state index contributed by atoms with van der Waals surface area (Å²) in [6.45, 7) is 0. The molecule has 0 fully saturated rings. The molecule has 6 heteroatoms. The van der Waals surface area contributed by atoms with Gasteiger partial charge in [0.25, 0.3) is 5.91 Å². The highest BCUT2D eigenvalue weighted by molar-refractivity contribution is 8.23. The Labute approximate surface area is 102 Å². The molecule has 1 N–H and O–H groups in total. The van der Waals surface area contributed by atoms with Crippen molar-refractivity contribution in [3.63, 3.8) is 0 Å². The van der Waals surface area contributed by atoms with Gasteiger partial charge in [-0.3, -0.25) is 4.79 Å². The number of aliphatic carboxylic acids is 1. The summed E-state index contributed by atoms with van der Waals surface area (Å²) >= 11 is 5.63. The summed E-state index contributed by atoms with van der Waals surface area (Å²) in [4.78, 5) is 21.7. The van der Waals surface area contributed by atoms with E-state index < -0.39 is 5.97 Å². The number of thiocarbonyl (C=S) groups is 1. The normalized spacial score (nSPS) is 9.50. The highest BCUT2D eigenvalue weighted by Gasteiger charge is 2.06. The van der Waals surface area contributed by atoms with Crippen molar-refractivity contribution in [2.24, 2.45) is 0 Å². The Balaban J connectivity index is 2.46. The van der Waals surface area contributed by atoms with Crippen LogP contribution in [0.4, 0.5) is 0 Å². The number of amides is 1. The van der Waals surface area contributed by atoms with Crippen LogP contribution in [0.15, 0.2) is 30.3 Å². The fourth-order valence-corrected chi connectivity index (χ4v) is 1.60. The maximum atomic E-state index is 11.5. The minimum absolute atomic E-state index is 0.123. The lowest BCUT2D eigenvalue weighted by atomic mass is 10.2. The van der Waals surface area contributed by atoms with E-state index in [1.165, 1.54) is 0 Å². The summed E-state index contributed by atoms with van der Waals surface area (Å²) < 4.78 is 0.123. The molecule has 0 aliphatic rings. The number of thioether (sulfide) groups is 1. The molecule has 0 bridgehead atoms. The van der Waals surface area contributed by atoms with Crippen molar-refractivity contribution in [2.75, 3.05) is 5.75 Å². The Kier molecular flexibility index (Phi) is 4.94. The lowest BCUT2D eigenvalue weighted by Crippen LogP contribution is -2.30. The summed E-state index contributed by atoms with van der Waals surface area (Å²) in [6, 6.07) is 8.53. The van der Waals surface area contributed by atoms with Crippen molar-refractivity contribution in [3.05, 3.63) is 35.9 Å². The number of carboxylic acids is 1. The number of hydrogen-bond donors (Lipinski definition) is 1. The average molecular weight is 254 g/mol. The molecule has 0 aliphatic heterocycles. The second-order valence-corrected chi connectivity index (χ2v) is 4.42. The van der Waals surface area contributed by atoms with Crippen LogP contribution in [0.1, 0.15) is 10.4 Å². The topological polar surface area (TPSA) is 69.2 Å². The van der Waals surface area contributed by atoms with Crippen molar-refractivity contribution in [1.29, 1.82) is 0 Å². The van der Waals surface area contributed by atoms with Gasteiger partial charge in [-0.1, -0.05) is 42.2 Å². The molecule has 1 rings (SSSR count). The number of carboxylic acid groups (broad SMARTS) is 1. The van der Waals surface area contributed by atoms with Gasteiger partial charge in [-0.05, 0) is 12.1 Å². The smallest absolute Gasteiger partial charge is 0.256 e. The van der Waals surface area contributed by atoms with Crippen LogP contribution in [0.5, 0.6) is 0 Å². The van der Waals surface area contributed by atoms with Gasteiger partial charge in [-0.25, -0.2) is 0 Å². The lowest BCUT2D eigenvalue weighted by Gasteiger charge is -2.06. The first kappa shape index (κ1) is 12.7. The van der Waals surface area contributed by atoms with E-state index in [-0.39, 0.29) is 16.0 Å². The lowest BCUT2D eigenvalue weighted by molar-refractivity contribution is -0.301. The Hall–Kier alpha value is -1.40. The zero-order valence-corrected chi connectivity index (χ0v) is 9.77. The standard InChI is InChI=1S/C10H9NO3S2/c12-8(13)6-16-10(15)11-9(14)7-4-2-1-3-5-7/h1-5H,6H2,(H,12,13)(H,11,14,15)/p-1. The highest BCUT2D eigenvalue weighted by atomic mass is 32.2. The van der Waals surface area contributed by atoms with E-state index >= 15 is 0 Å². The quantitative estimate of drug-likeness (QED) is 0.779. The molecule has 1 amide bonds. The molecule has 0 heterocycles. The molecule has 0 unspecified atom stereocenters. The van der Waals surface area contributed by atoms with Crippen LogP contribution in [0.2, 0.25) is 0 Å². The Bertz CT molecular complexity index is 406. The molecule has 0 aromatic heterocycles. The van der Waals surface area contributed by atoms with E-state index in [1.807, 2.05) is 0 Å². The first-order valence-corrected chi connectivity index (χ1v) is 5.72. The monoisotopic (exact) mass is 254 g/mol. The van der Waals surface area contributed by atoms with Crippen molar-refractivity contribution in [2.45, 2.75) is 0 Å². The predicted octanol–water partition coefficient (Wildman–Crippen LogP) is 0.184. The molecule has 0 radical (unpaired) electrons. The summed E-state index contributed by atoms with van der Waals surface area (Å²) in [6.07, 6.45) is 0. The van der Waals surface area contributed by atoms with Crippen molar-refractivity contribution in [1.82, 2.24) is 5.32 Å². The van der Waals surface area contributed by atoms with Crippen LogP contribution in [0, 0.1) is 0 Å². The van der Waals surface area contributed by atoms with E-state index in [4.69, 9.17) is 12.2 Å². The second-order valence-electron chi connectivity index (χ2n) is 2.77. The zero-order chi connectivity index (χ0) is 12.0. The van der Waals surface area contributed by atoms with E-state index in [0.29, 0.717) is 5.56 Å². The first-order chi connectivity index (χ1) is 7.59. The van der Waals surface area contributed by atoms with Gasteiger partial charge >= 0.3 is 0 Å². The summed E-state index contributed by atoms with van der Waals surface area (Å²) in [5.41, 5.74) is 0.471. The maximum absolute atomic E-state index is 11.5. The first-order valence-electron chi connectivity index (χ1n) is 4.32. The number of hydrogen-bond acceptors (Lipinski definition) is 5. The van der Waals surface area contributed by atoms with Gasteiger partial charge in [0.1, 0.15) is 4.32 Å². The van der Waals surface area contributed by atoms with Gasteiger partial charge in [-0.15, -0.1) is 0 Å². The summed E-state index contributed by atoms with van der Waals surface area (Å²) in [5, 5.41) is 12.6.